The number of aryl methyl sites for hydroxylation is 2. The highest BCUT2D eigenvalue weighted by Crippen LogP contribution is 2.23. The molecule has 29 heavy (non-hydrogen) atoms. The number of carbonyl (C=O) groups is 2. The fourth-order valence-electron chi connectivity index (χ4n) is 3.89. The summed E-state index contributed by atoms with van der Waals surface area (Å²) in [5.41, 5.74) is 4.67. The predicted molar refractivity (Wildman–Crippen MR) is 109 cm³/mol. The Labute approximate surface area is 171 Å². The van der Waals surface area contributed by atoms with Gasteiger partial charge in [0.05, 0.1) is 30.8 Å². The van der Waals surface area contributed by atoms with Gasteiger partial charge in [-0.1, -0.05) is 29.8 Å². The van der Waals surface area contributed by atoms with Gasteiger partial charge in [0.15, 0.2) is 0 Å². The number of ether oxygens (including phenoxy) is 1. The van der Waals surface area contributed by atoms with Gasteiger partial charge in [-0.2, -0.15) is 5.10 Å². The smallest absolute Gasteiger partial charge is 0.305 e. The highest BCUT2D eigenvalue weighted by molar-refractivity contribution is 5.78. The summed E-state index contributed by atoms with van der Waals surface area (Å²) in [6.07, 6.45) is 1.27. The minimum Gasteiger partial charge on any atom is -0.481 e. The van der Waals surface area contributed by atoms with Crippen LogP contribution in [0.5, 0.6) is 0 Å². The molecule has 0 bridgehead atoms. The maximum atomic E-state index is 12.5. The lowest BCUT2D eigenvalue weighted by Gasteiger charge is -2.27. The molecule has 1 amide bonds. The van der Waals surface area contributed by atoms with E-state index in [1.807, 2.05) is 18.5 Å². The van der Waals surface area contributed by atoms with Crippen molar-refractivity contribution in [1.29, 1.82) is 0 Å². The summed E-state index contributed by atoms with van der Waals surface area (Å²) in [7, 11) is 0. The summed E-state index contributed by atoms with van der Waals surface area (Å²) in [6.45, 7) is 7.46. The number of aliphatic carboxylic acids is 1. The van der Waals surface area contributed by atoms with E-state index in [2.05, 4.69) is 41.6 Å². The number of carboxylic acid groups (broad SMARTS) is 1. The summed E-state index contributed by atoms with van der Waals surface area (Å²) in [5, 5.41) is 16.7. The molecule has 1 aromatic heterocycles. The second-order valence-corrected chi connectivity index (χ2v) is 7.99. The standard InChI is InChI=1S/C22H29N3O4/c1-15-4-6-18(7-5-15)13-25-17(3)19(16(2)24-25)8-9-20(26)23-22(12-21(27)28)10-11-29-14-22/h4-7H,8-14H2,1-3H3,(H,23,26)(H,27,28). The molecule has 156 valence electrons. The average Bonchev–Trinajstić information content (AvgIpc) is 3.19. The summed E-state index contributed by atoms with van der Waals surface area (Å²) in [5.74, 6) is -1.08. The molecule has 2 heterocycles. The quantitative estimate of drug-likeness (QED) is 0.712. The molecule has 1 aliphatic heterocycles. The van der Waals surface area contributed by atoms with E-state index in [1.54, 1.807) is 0 Å². The van der Waals surface area contributed by atoms with Crippen LogP contribution in [0, 0.1) is 20.8 Å². The van der Waals surface area contributed by atoms with Crippen molar-refractivity contribution in [2.45, 2.75) is 58.5 Å². The highest BCUT2D eigenvalue weighted by atomic mass is 16.5. The van der Waals surface area contributed by atoms with Gasteiger partial charge in [-0.3, -0.25) is 14.3 Å². The number of nitrogens with zero attached hydrogens (tertiary/aromatic N) is 2. The van der Waals surface area contributed by atoms with Crippen LogP contribution >= 0.6 is 0 Å². The van der Waals surface area contributed by atoms with Gasteiger partial charge < -0.3 is 15.2 Å². The van der Waals surface area contributed by atoms with Gasteiger partial charge in [0.1, 0.15) is 0 Å². The number of rotatable bonds is 8. The summed E-state index contributed by atoms with van der Waals surface area (Å²) < 4.78 is 7.32. The van der Waals surface area contributed by atoms with Crippen molar-refractivity contribution in [1.82, 2.24) is 15.1 Å². The van der Waals surface area contributed by atoms with Gasteiger partial charge in [0.2, 0.25) is 5.91 Å². The largest absolute Gasteiger partial charge is 0.481 e. The van der Waals surface area contributed by atoms with Crippen molar-refractivity contribution in [2.75, 3.05) is 13.2 Å². The Morgan fingerprint density at radius 1 is 1.24 bits per heavy atom. The van der Waals surface area contributed by atoms with Gasteiger partial charge in [0.25, 0.3) is 0 Å². The first kappa shape index (κ1) is 21.0. The molecule has 7 heteroatoms. The van der Waals surface area contributed by atoms with E-state index in [-0.39, 0.29) is 18.9 Å². The van der Waals surface area contributed by atoms with E-state index in [0.29, 0.717) is 32.4 Å². The molecule has 1 unspecified atom stereocenters. The topological polar surface area (TPSA) is 93.5 Å². The van der Waals surface area contributed by atoms with E-state index >= 15 is 0 Å². The Balaban J connectivity index is 1.63. The molecule has 0 aliphatic carbocycles. The van der Waals surface area contributed by atoms with E-state index in [4.69, 9.17) is 9.84 Å². The second-order valence-electron chi connectivity index (χ2n) is 7.99. The van der Waals surface area contributed by atoms with E-state index in [1.165, 1.54) is 11.1 Å². The Morgan fingerprint density at radius 3 is 2.59 bits per heavy atom. The Bertz CT molecular complexity index is 880. The van der Waals surface area contributed by atoms with Crippen LogP contribution in [0.4, 0.5) is 0 Å². The highest BCUT2D eigenvalue weighted by Gasteiger charge is 2.38. The number of benzene rings is 1. The predicted octanol–water partition coefficient (Wildman–Crippen LogP) is 2.54. The van der Waals surface area contributed by atoms with Crippen molar-refractivity contribution >= 4 is 11.9 Å². The van der Waals surface area contributed by atoms with Gasteiger partial charge in [-0.05, 0) is 44.7 Å². The van der Waals surface area contributed by atoms with Crippen molar-refractivity contribution in [3.05, 3.63) is 52.3 Å². The van der Waals surface area contributed by atoms with Crippen LogP contribution in [-0.2, 0) is 27.3 Å². The monoisotopic (exact) mass is 399 g/mol. The third-order valence-electron chi connectivity index (χ3n) is 5.58. The lowest BCUT2D eigenvalue weighted by molar-refractivity contribution is -0.139. The van der Waals surface area contributed by atoms with Gasteiger partial charge in [0, 0.05) is 18.7 Å². The zero-order valence-electron chi connectivity index (χ0n) is 17.3. The van der Waals surface area contributed by atoms with Crippen LogP contribution in [0.15, 0.2) is 24.3 Å². The molecule has 1 atom stereocenters. The molecule has 1 saturated heterocycles. The lowest BCUT2D eigenvalue weighted by atomic mass is 9.94. The Morgan fingerprint density at radius 2 is 1.97 bits per heavy atom. The molecular formula is C22H29N3O4. The molecule has 1 aliphatic rings. The number of carboxylic acids is 1. The molecule has 2 N–H and O–H groups in total. The van der Waals surface area contributed by atoms with Crippen LogP contribution in [-0.4, -0.2) is 45.5 Å². The molecule has 1 aromatic carbocycles. The third-order valence-corrected chi connectivity index (χ3v) is 5.58. The van der Waals surface area contributed by atoms with Gasteiger partial charge in [-0.25, -0.2) is 0 Å². The molecular weight excluding hydrogens is 370 g/mol. The van der Waals surface area contributed by atoms with Gasteiger partial charge >= 0.3 is 5.97 Å². The van der Waals surface area contributed by atoms with Crippen LogP contribution in [0.1, 0.15) is 47.3 Å². The molecule has 0 saturated carbocycles. The SMILES string of the molecule is Cc1ccc(Cn2nc(C)c(CCC(=O)NC3(CC(=O)O)CCOC3)c2C)cc1. The molecule has 0 radical (unpaired) electrons. The Hall–Kier alpha value is -2.67. The normalized spacial score (nSPS) is 18.7. The molecule has 7 nitrogen and oxygen atoms in total. The summed E-state index contributed by atoms with van der Waals surface area (Å²) in [6, 6.07) is 8.38. The van der Waals surface area contributed by atoms with Crippen LogP contribution < -0.4 is 5.32 Å². The second kappa shape index (κ2) is 8.78. The first-order valence-corrected chi connectivity index (χ1v) is 9.97. The lowest BCUT2D eigenvalue weighted by Crippen LogP contribution is -2.50. The minimum absolute atomic E-state index is 0.120. The maximum absolute atomic E-state index is 12.5. The van der Waals surface area contributed by atoms with Crippen LogP contribution in [0.25, 0.3) is 0 Å². The molecule has 2 aromatic rings. The first-order valence-electron chi connectivity index (χ1n) is 9.97. The number of aromatic nitrogens is 2. The van der Waals surface area contributed by atoms with Crippen molar-refractivity contribution in [3.8, 4) is 0 Å². The van der Waals surface area contributed by atoms with Crippen molar-refractivity contribution in [2.24, 2.45) is 0 Å². The number of carbonyl (C=O) groups excluding carboxylic acids is 1. The summed E-state index contributed by atoms with van der Waals surface area (Å²) >= 11 is 0. The van der Waals surface area contributed by atoms with E-state index < -0.39 is 11.5 Å². The number of amides is 1. The van der Waals surface area contributed by atoms with Gasteiger partial charge in [-0.15, -0.1) is 0 Å². The summed E-state index contributed by atoms with van der Waals surface area (Å²) in [4.78, 5) is 23.7. The van der Waals surface area contributed by atoms with Crippen molar-refractivity contribution in [3.63, 3.8) is 0 Å². The molecule has 0 spiro atoms. The maximum Gasteiger partial charge on any atom is 0.305 e. The zero-order chi connectivity index (χ0) is 21.0. The van der Waals surface area contributed by atoms with Crippen molar-refractivity contribution < 1.29 is 19.4 Å². The zero-order valence-corrected chi connectivity index (χ0v) is 17.3. The molecule has 1 fully saturated rings. The van der Waals surface area contributed by atoms with Crippen LogP contribution in [0.3, 0.4) is 0 Å². The number of hydrogen-bond acceptors (Lipinski definition) is 4. The fourth-order valence-corrected chi connectivity index (χ4v) is 3.89. The Kier molecular flexibility index (Phi) is 6.37. The van der Waals surface area contributed by atoms with E-state index in [0.717, 1.165) is 17.0 Å². The average molecular weight is 399 g/mol. The minimum atomic E-state index is -0.931. The third kappa shape index (κ3) is 5.23. The number of hydrogen-bond donors (Lipinski definition) is 2. The van der Waals surface area contributed by atoms with Crippen LogP contribution in [0.2, 0.25) is 0 Å². The van der Waals surface area contributed by atoms with E-state index in [9.17, 15) is 9.59 Å². The number of nitrogens with one attached hydrogen (secondary N) is 1. The first-order chi connectivity index (χ1) is 13.8. The fraction of sp³-hybridized carbons (Fsp3) is 0.500. The molecule has 3 rings (SSSR count).